The Hall–Kier alpha value is -1.40. The van der Waals surface area contributed by atoms with Gasteiger partial charge in [-0.2, -0.15) is 5.10 Å². The summed E-state index contributed by atoms with van der Waals surface area (Å²) < 4.78 is 5.55. The molecule has 0 spiro atoms. The third-order valence-corrected chi connectivity index (χ3v) is 5.73. The van der Waals surface area contributed by atoms with Crippen molar-refractivity contribution in [3.05, 3.63) is 17.5 Å². The molecular weight excluding hydrogens is 340 g/mol. The molecule has 152 valence electrons. The van der Waals surface area contributed by atoms with E-state index in [1.807, 2.05) is 0 Å². The van der Waals surface area contributed by atoms with Crippen molar-refractivity contribution in [3.63, 3.8) is 0 Å². The lowest BCUT2D eigenvalue weighted by molar-refractivity contribution is -0.122. The van der Waals surface area contributed by atoms with Gasteiger partial charge in [0.05, 0.1) is 11.8 Å². The molecule has 2 saturated heterocycles. The highest BCUT2D eigenvalue weighted by Crippen LogP contribution is 2.23. The molecule has 2 fully saturated rings. The van der Waals surface area contributed by atoms with E-state index in [9.17, 15) is 4.79 Å². The van der Waals surface area contributed by atoms with Crippen LogP contribution in [-0.4, -0.2) is 53.3 Å². The van der Waals surface area contributed by atoms with Gasteiger partial charge < -0.3 is 10.1 Å². The maximum atomic E-state index is 12.0. The van der Waals surface area contributed by atoms with Gasteiger partial charge in [-0.3, -0.25) is 14.8 Å². The Labute approximate surface area is 163 Å². The van der Waals surface area contributed by atoms with Crippen LogP contribution in [0.3, 0.4) is 0 Å². The lowest BCUT2D eigenvalue weighted by Gasteiger charge is -2.31. The van der Waals surface area contributed by atoms with Crippen LogP contribution in [0.25, 0.3) is 0 Å². The molecule has 6 heteroatoms. The largest absolute Gasteiger partial charge is 0.376 e. The molecule has 0 bridgehead atoms. The number of likely N-dealkylation sites (tertiary alicyclic amines) is 1. The van der Waals surface area contributed by atoms with Gasteiger partial charge in [0.1, 0.15) is 0 Å². The molecule has 3 heterocycles. The maximum absolute atomic E-state index is 12.0. The highest BCUT2D eigenvalue weighted by atomic mass is 16.5. The van der Waals surface area contributed by atoms with Gasteiger partial charge in [0.2, 0.25) is 5.91 Å². The van der Waals surface area contributed by atoms with Crippen LogP contribution in [0.4, 0.5) is 0 Å². The number of hydrogen-bond acceptors (Lipinski definition) is 4. The van der Waals surface area contributed by atoms with E-state index < -0.39 is 0 Å². The van der Waals surface area contributed by atoms with Crippen molar-refractivity contribution in [3.8, 4) is 0 Å². The second-order valence-corrected chi connectivity index (χ2v) is 8.68. The van der Waals surface area contributed by atoms with Gasteiger partial charge in [0.15, 0.2) is 0 Å². The van der Waals surface area contributed by atoms with E-state index in [4.69, 9.17) is 4.74 Å². The van der Waals surface area contributed by atoms with Gasteiger partial charge >= 0.3 is 0 Å². The molecule has 6 nitrogen and oxygen atoms in total. The lowest BCUT2D eigenvalue weighted by Crippen LogP contribution is -2.35. The predicted octanol–water partition coefficient (Wildman–Crippen LogP) is 2.90. The van der Waals surface area contributed by atoms with Crippen LogP contribution in [0.5, 0.6) is 0 Å². The Morgan fingerprint density at radius 2 is 2.19 bits per heavy atom. The monoisotopic (exact) mass is 376 g/mol. The van der Waals surface area contributed by atoms with Crippen molar-refractivity contribution in [2.45, 2.75) is 71.4 Å². The quantitative estimate of drug-likeness (QED) is 0.695. The lowest BCUT2D eigenvalue weighted by atomic mass is 9.92. The molecule has 1 aromatic heterocycles. The van der Waals surface area contributed by atoms with Crippen molar-refractivity contribution in [1.82, 2.24) is 20.4 Å². The molecule has 27 heavy (non-hydrogen) atoms. The van der Waals surface area contributed by atoms with Gasteiger partial charge in [0, 0.05) is 31.8 Å². The van der Waals surface area contributed by atoms with E-state index in [1.165, 1.54) is 24.2 Å². The maximum Gasteiger partial charge on any atom is 0.220 e. The van der Waals surface area contributed by atoms with Crippen LogP contribution in [-0.2, 0) is 22.5 Å². The predicted molar refractivity (Wildman–Crippen MR) is 106 cm³/mol. The first kappa shape index (κ1) is 20.3. The molecule has 1 atom stereocenters. The topological polar surface area (TPSA) is 70.2 Å². The molecule has 0 radical (unpaired) electrons. The normalized spacial score (nSPS) is 21.8. The molecule has 0 saturated carbocycles. The van der Waals surface area contributed by atoms with Gasteiger partial charge in [-0.1, -0.05) is 13.8 Å². The van der Waals surface area contributed by atoms with Crippen LogP contribution in [0, 0.1) is 11.8 Å². The summed E-state index contributed by atoms with van der Waals surface area (Å²) >= 11 is 0. The molecule has 2 N–H and O–H groups in total. The number of H-pyrrole nitrogens is 1. The number of amides is 1. The third kappa shape index (κ3) is 6.92. The first-order valence-corrected chi connectivity index (χ1v) is 10.7. The summed E-state index contributed by atoms with van der Waals surface area (Å²) in [6, 6.07) is 2.21. The first-order chi connectivity index (χ1) is 13.1. The first-order valence-electron chi connectivity index (χ1n) is 10.7. The summed E-state index contributed by atoms with van der Waals surface area (Å²) in [4.78, 5) is 14.5. The molecular formula is C21H36N4O2. The molecule has 2 aliphatic rings. The smallest absolute Gasteiger partial charge is 0.220 e. The highest BCUT2D eigenvalue weighted by Gasteiger charge is 2.21. The zero-order chi connectivity index (χ0) is 19.1. The number of carbonyl (C=O) groups excluding carboxylic acids is 1. The van der Waals surface area contributed by atoms with E-state index >= 15 is 0 Å². The van der Waals surface area contributed by atoms with Crippen LogP contribution in [0.2, 0.25) is 0 Å². The zero-order valence-electron chi connectivity index (χ0n) is 17.0. The number of aromatic nitrogens is 2. The number of nitrogens with one attached hydrogen (secondary N) is 2. The van der Waals surface area contributed by atoms with E-state index in [-0.39, 0.29) is 12.0 Å². The number of rotatable bonds is 9. The minimum absolute atomic E-state index is 0.183. The molecule has 1 aromatic rings. The Morgan fingerprint density at radius 3 is 2.89 bits per heavy atom. The fourth-order valence-corrected chi connectivity index (χ4v) is 4.14. The van der Waals surface area contributed by atoms with Crippen LogP contribution in [0.1, 0.15) is 63.8 Å². The molecule has 0 aromatic carbocycles. The summed E-state index contributed by atoms with van der Waals surface area (Å²) in [6.07, 6.45) is 7.50. The third-order valence-electron chi connectivity index (χ3n) is 5.73. The Bertz CT molecular complexity index is 572. The molecule has 0 unspecified atom stereocenters. The Morgan fingerprint density at radius 1 is 1.37 bits per heavy atom. The van der Waals surface area contributed by atoms with Crippen molar-refractivity contribution in [2.75, 3.05) is 26.2 Å². The second kappa shape index (κ2) is 10.2. The van der Waals surface area contributed by atoms with Gasteiger partial charge in [-0.15, -0.1) is 0 Å². The Kier molecular flexibility index (Phi) is 7.70. The van der Waals surface area contributed by atoms with Gasteiger partial charge in [-0.25, -0.2) is 0 Å². The minimum atomic E-state index is 0.183. The standard InChI is InChI=1S/C21H36N4O2/c1-16(2)12-18-13-19(24-23-18)15-25-9-7-17(8-10-25)5-6-21(26)22-14-20-4-3-11-27-20/h13,16-17,20H,3-12,14-15H2,1-2H3,(H,22,26)(H,23,24)/t20-/m0/s1. The van der Waals surface area contributed by atoms with E-state index in [1.54, 1.807) is 0 Å². The fraction of sp³-hybridized carbons (Fsp3) is 0.810. The molecule has 1 amide bonds. The summed E-state index contributed by atoms with van der Waals surface area (Å²) in [7, 11) is 0. The summed E-state index contributed by atoms with van der Waals surface area (Å²) in [5.41, 5.74) is 2.39. The number of piperidine rings is 1. The van der Waals surface area contributed by atoms with Crippen LogP contribution in [0.15, 0.2) is 6.07 Å². The summed E-state index contributed by atoms with van der Waals surface area (Å²) in [6.45, 7) is 9.15. The van der Waals surface area contributed by atoms with Gasteiger partial charge in [-0.05, 0) is 69.5 Å². The second-order valence-electron chi connectivity index (χ2n) is 8.68. The average molecular weight is 377 g/mol. The summed E-state index contributed by atoms with van der Waals surface area (Å²) in [5.74, 6) is 1.50. The molecule has 0 aliphatic carbocycles. The van der Waals surface area contributed by atoms with E-state index in [0.717, 1.165) is 51.9 Å². The number of carbonyl (C=O) groups is 1. The van der Waals surface area contributed by atoms with E-state index in [2.05, 4.69) is 40.3 Å². The van der Waals surface area contributed by atoms with Gasteiger partial charge in [0.25, 0.3) is 0 Å². The number of ether oxygens (including phenoxy) is 1. The molecule has 2 aliphatic heterocycles. The van der Waals surface area contributed by atoms with Crippen LogP contribution >= 0.6 is 0 Å². The van der Waals surface area contributed by atoms with Crippen molar-refractivity contribution < 1.29 is 9.53 Å². The number of nitrogens with zero attached hydrogens (tertiary/aromatic N) is 2. The number of hydrogen-bond donors (Lipinski definition) is 2. The van der Waals surface area contributed by atoms with Crippen molar-refractivity contribution in [1.29, 1.82) is 0 Å². The Balaban J connectivity index is 1.29. The summed E-state index contributed by atoms with van der Waals surface area (Å²) in [5, 5.41) is 10.7. The fourth-order valence-electron chi connectivity index (χ4n) is 4.14. The zero-order valence-corrected chi connectivity index (χ0v) is 17.0. The van der Waals surface area contributed by atoms with E-state index in [0.29, 0.717) is 24.8 Å². The average Bonchev–Trinajstić information content (AvgIpc) is 3.31. The molecule has 3 rings (SSSR count). The number of aromatic amines is 1. The van der Waals surface area contributed by atoms with Crippen LogP contribution < -0.4 is 5.32 Å². The SMILES string of the molecule is CC(C)Cc1cc(CN2CCC(CCC(=O)NC[C@@H]3CCCO3)CC2)[nH]n1. The van der Waals surface area contributed by atoms with Crippen molar-refractivity contribution >= 4 is 5.91 Å². The highest BCUT2D eigenvalue weighted by molar-refractivity contribution is 5.75. The minimum Gasteiger partial charge on any atom is -0.376 e. The van der Waals surface area contributed by atoms with Crippen molar-refractivity contribution in [2.24, 2.45) is 11.8 Å².